The molecule has 0 bridgehead atoms. The summed E-state index contributed by atoms with van der Waals surface area (Å²) in [5.74, 6) is -1.09. The highest BCUT2D eigenvalue weighted by atomic mass is 127. The molecular formula is C14H16INO5. The Labute approximate surface area is 136 Å². The van der Waals surface area contributed by atoms with Gasteiger partial charge in [-0.25, -0.2) is 4.79 Å². The predicted octanol–water partition coefficient (Wildman–Crippen LogP) is 2.02. The Hall–Kier alpha value is -1.77. The number of aliphatic carboxylic acids is 1. The number of hydrogen-bond acceptors (Lipinski definition) is 5. The SMILES string of the molecule is COc1cc(OC)c(C(=O)/C(=C/N(C)C)C(=O)O)cc1I. The summed E-state index contributed by atoms with van der Waals surface area (Å²) in [5.41, 5.74) is -0.155. The number of carbonyl (C=O) groups excluding carboxylic acids is 1. The van der Waals surface area contributed by atoms with Crippen LogP contribution in [0, 0.1) is 3.57 Å². The maximum absolute atomic E-state index is 12.5. The predicted molar refractivity (Wildman–Crippen MR) is 86.0 cm³/mol. The fourth-order valence-corrected chi connectivity index (χ4v) is 2.34. The number of ether oxygens (including phenoxy) is 2. The molecule has 0 spiro atoms. The van der Waals surface area contributed by atoms with Crippen molar-refractivity contribution in [3.63, 3.8) is 0 Å². The highest BCUT2D eigenvalue weighted by molar-refractivity contribution is 14.1. The number of hydrogen-bond donors (Lipinski definition) is 1. The molecule has 1 rings (SSSR count). The second-order valence-electron chi connectivity index (χ2n) is 4.33. The number of ketones is 1. The average Bonchev–Trinajstić information content (AvgIpc) is 2.43. The number of halogens is 1. The van der Waals surface area contributed by atoms with Gasteiger partial charge in [0.05, 0.1) is 23.4 Å². The summed E-state index contributed by atoms with van der Waals surface area (Å²) in [4.78, 5) is 25.2. The third kappa shape index (κ3) is 4.10. The zero-order valence-corrected chi connectivity index (χ0v) is 14.3. The van der Waals surface area contributed by atoms with Gasteiger partial charge in [0, 0.05) is 26.4 Å². The van der Waals surface area contributed by atoms with E-state index < -0.39 is 11.8 Å². The molecule has 21 heavy (non-hydrogen) atoms. The van der Waals surface area contributed by atoms with Crippen molar-refractivity contribution < 1.29 is 24.2 Å². The third-order valence-corrected chi connectivity index (χ3v) is 3.42. The molecule has 0 saturated carbocycles. The first kappa shape index (κ1) is 17.3. The van der Waals surface area contributed by atoms with Crippen molar-refractivity contribution in [1.82, 2.24) is 4.90 Å². The second kappa shape index (κ2) is 7.30. The molecule has 7 heteroatoms. The number of carboxylic acids is 1. The normalized spacial score (nSPS) is 11.0. The van der Waals surface area contributed by atoms with Gasteiger partial charge in [0.15, 0.2) is 0 Å². The van der Waals surface area contributed by atoms with E-state index in [1.807, 2.05) is 22.6 Å². The van der Waals surface area contributed by atoms with Crippen molar-refractivity contribution in [1.29, 1.82) is 0 Å². The van der Waals surface area contributed by atoms with E-state index in [2.05, 4.69) is 0 Å². The molecule has 1 N–H and O–H groups in total. The van der Waals surface area contributed by atoms with Crippen molar-refractivity contribution in [3.8, 4) is 11.5 Å². The van der Waals surface area contributed by atoms with Gasteiger partial charge in [-0.2, -0.15) is 0 Å². The second-order valence-corrected chi connectivity index (χ2v) is 5.49. The molecule has 0 amide bonds. The van der Waals surface area contributed by atoms with Crippen LogP contribution in [0.3, 0.4) is 0 Å². The van der Waals surface area contributed by atoms with Gasteiger partial charge in [-0.1, -0.05) is 0 Å². The number of rotatable bonds is 6. The topological polar surface area (TPSA) is 76.1 Å². The van der Waals surface area contributed by atoms with E-state index in [4.69, 9.17) is 9.47 Å². The first-order valence-corrected chi connectivity index (χ1v) is 6.97. The molecule has 6 nitrogen and oxygen atoms in total. The number of carboxylic acid groups (broad SMARTS) is 1. The van der Waals surface area contributed by atoms with E-state index in [9.17, 15) is 14.7 Å². The Morgan fingerprint density at radius 1 is 1.19 bits per heavy atom. The summed E-state index contributed by atoms with van der Waals surface area (Å²) in [7, 11) is 6.21. The number of methoxy groups -OCH3 is 2. The van der Waals surface area contributed by atoms with Crippen LogP contribution >= 0.6 is 22.6 Å². The standard InChI is InChI=1S/C14H16INO5/c1-16(2)7-9(14(18)19)13(17)8-5-10(15)12(21-4)6-11(8)20-3/h5-7H,1-4H3,(H,18,19)/b9-7-. The van der Waals surface area contributed by atoms with Gasteiger partial charge in [0.2, 0.25) is 5.78 Å². The van der Waals surface area contributed by atoms with Gasteiger partial charge in [-0.15, -0.1) is 0 Å². The van der Waals surface area contributed by atoms with Crippen LogP contribution in [0.25, 0.3) is 0 Å². The first-order valence-electron chi connectivity index (χ1n) is 5.89. The highest BCUT2D eigenvalue weighted by Gasteiger charge is 2.24. The molecule has 0 aliphatic heterocycles. The van der Waals surface area contributed by atoms with Crippen LogP contribution in [0.1, 0.15) is 10.4 Å². The maximum Gasteiger partial charge on any atom is 0.341 e. The van der Waals surface area contributed by atoms with Crippen molar-refractivity contribution >= 4 is 34.3 Å². The van der Waals surface area contributed by atoms with E-state index in [-0.39, 0.29) is 16.9 Å². The number of Topliss-reactive ketones (excluding diaryl/α,β-unsaturated/α-hetero) is 1. The van der Waals surface area contributed by atoms with Crippen molar-refractivity contribution in [3.05, 3.63) is 33.0 Å². The van der Waals surface area contributed by atoms with Crippen LogP contribution in [-0.4, -0.2) is 50.1 Å². The Morgan fingerprint density at radius 3 is 2.19 bits per heavy atom. The summed E-state index contributed by atoms with van der Waals surface area (Å²) < 4.78 is 11.0. The van der Waals surface area contributed by atoms with Gasteiger partial charge in [0.25, 0.3) is 0 Å². The van der Waals surface area contributed by atoms with Crippen molar-refractivity contribution in [2.75, 3.05) is 28.3 Å². The van der Waals surface area contributed by atoms with Crippen LogP contribution in [0.15, 0.2) is 23.9 Å². The molecular weight excluding hydrogens is 389 g/mol. The molecule has 114 valence electrons. The monoisotopic (exact) mass is 405 g/mol. The van der Waals surface area contributed by atoms with Gasteiger partial charge in [-0.05, 0) is 28.7 Å². The van der Waals surface area contributed by atoms with Crippen molar-refractivity contribution in [2.45, 2.75) is 0 Å². The zero-order valence-electron chi connectivity index (χ0n) is 12.1. The molecule has 0 radical (unpaired) electrons. The summed E-state index contributed by atoms with van der Waals surface area (Å²) in [6, 6.07) is 3.11. The number of benzene rings is 1. The minimum atomic E-state index is -1.29. The summed E-state index contributed by atoms with van der Waals surface area (Å²) in [6.07, 6.45) is 1.27. The van der Waals surface area contributed by atoms with Gasteiger partial charge in [0.1, 0.15) is 17.1 Å². The van der Waals surface area contributed by atoms with Gasteiger partial charge in [-0.3, -0.25) is 4.79 Å². The lowest BCUT2D eigenvalue weighted by atomic mass is 10.0. The summed E-state index contributed by atoms with van der Waals surface area (Å²) in [6.45, 7) is 0. The van der Waals surface area contributed by atoms with Crippen LogP contribution in [0.5, 0.6) is 11.5 Å². The molecule has 0 aromatic heterocycles. The largest absolute Gasteiger partial charge is 0.496 e. The Kier molecular flexibility index (Phi) is 6.01. The minimum Gasteiger partial charge on any atom is -0.496 e. The van der Waals surface area contributed by atoms with Gasteiger partial charge >= 0.3 is 5.97 Å². The Morgan fingerprint density at radius 2 is 1.76 bits per heavy atom. The molecule has 1 aromatic rings. The summed E-state index contributed by atoms with van der Waals surface area (Å²) in [5, 5.41) is 9.20. The summed E-state index contributed by atoms with van der Waals surface area (Å²) >= 11 is 2.01. The fourth-order valence-electron chi connectivity index (χ4n) is 1.65. The maximum atomic E-state index is 12.5. The Balaban J connectivity index is 3.41. The van der Waals surface area contributed by atoms with Gasteiger partial charge < -0.3 is 19.5 Å². The smallest absolute Gasteiger partial charge is 0.341 e. The van der Waals surface area contributed by atoms with E-state index in [0.717, 1.165) is 0 Å². The van der Waals surface area contributed by atoms with Crippen LogP contribution < -0.4 is 9.47 Å². The van der Waals surface area contributed by atoms with Crippen LogP contribution in [-0.2, 0) is 4.79 Å². The first-order chi connectivity index (χ1) is 9.81. The number of nitrogens with zero attached hydrogens (tertiary/aromatic N) is 1. The fraction of sp³-hybridized carbons (Fsp3) is 0.286. The van der Waals surface area contributed by atoms with Crippen LogP contribution in [0.4, 0.5) is 0 Å². The lowest BCUT2D eigenvalue weighted by Gasteiger charge is -2.13. The highest BCUT2D eigenvalue weighted by Crippen LogP contribution is 2.31. The average molecular weight is 405 g/mol. The molecule has 0 aliphatic carbocycles. The molecule has 0 unspecified atom stereocenters. The Bertz CT molecular complexity index is 595. The van der Waals surface area contributed by atoms with E-state index in [1.165, 1.54) is 25.3 Å². The number of carbonyl (C=O) groups is 2. The lowest BCUT2D eigenvalue weighted by molar-refractivity contribution is -0.132. The molecule has 0 heterocycles. The lowest BCUT2D eigenvalue weighted by Crippen LogP contribution is -2.17. The zero-order chi connectivity index (χ0) is 16.2. The molecule has 1 aromatic carbocycles. The molecule has 0 aliphatic rings. The van der Waals surface area contributed by atoms with Crippen LogP contribution in [0.2, 0.25) is 0 Å². The third-order valence-electron chi connectivity index (χ3n) is 2.58. The quantitative estimate of drug-likeness (QED) is 0.257. The molecule has 0 saturated heterocycles. The minimum absolute atomic E-state index is 0.179. The molecule has 0 fully saturated rings. The van der Waals surface area contributed by atoms with E-state index in [1.54, 1.807) is 26.2 Å². The van der Waals surface area contributed by atoms with E-state index in [0.29, 0.717) is 9.32 Å². The molecule has 0 atom stereocenters. The van der Waals surface area contributed by atoms with Crippen molar-refractivity contribution in [2.24, 2.45) is 0 Å². The van der Waals surface area contributed by atoms with E-state index >= 15 is 0 Å².